The van der Waals surface area contributed by atoms with Crippen molar-refractivity contribution in [2.75, 3.05) is 6.54 Å². The lowest BCUT2D eigenvalue weighted by Crippen LogP contribution is -2.36. The van der Waals surface area contributed by atoms with Gasteiger partial charge in [0.05, 0.1) is 11.1 Å². The summed E-state index contributed by atoms with van der Waals surface area (Å²) in [6, 6.07) is 14.4. The van der Waals surface area contributed by atoms with Gasteiger partial charge in [-0.1, -0.05) is 42.0 Å². The Kier molecular flexibility index (Phi) is 3.31. The van der Waals surface area contributed by atoms with E-state index in [1.54, 1.807) is 12.1 Å². The van der Waals surface area contributed by atoms with Gasteiger partial charge in [0.25, 0.3) is 11.8 Å². The van der Waals surface area contributed by atoms with Crippen molar-refractivity contribution >= 4 is 11.8 Å². The first-order chi connectivity index (χ1) is 10.1. The summed E-state index contributed by atoms with van der Waals surface area (Å²) in [4.78, 5) is 25.9. The van der Waals surface area contributed by atoms with Crippen LogP contribution < -0.4 is 5.73 Å². The zero-order valence-electron chi connectivity index (χ0n) is 11.7. The molecule has 1 aliphatic heterocycles. The molecule has 4 heteroatoms. The van der Waals surface area contributed by atoms with Gasteiger partial charge >= 0.3 is 0 Å². The highest BCUT2D eigenvalue weighted by Gasteiger charge is 2.36. The van der Waals surface area contributed by atoms with Crippen molar-refractivity contribution < 1.29 is 9.59 Å². The summed E-state index contributed by atoms with van der Waals surface area (Å²) >= 11 is 0. The number of hydrogen-bond donors (Lipinski definition) is 1. The molecule has 2 amide bonds. The first-order valence-corrected chi connectivity index (χ1v) is 6.85. The summed E-state index contributed by atoms with van der Waals surface area (Å²) in [5.74, 6) is -0.522. The molecule has 0 saturated carbocycles. The fourth-order valence-electron chi connectivity index (χ4n) is 2.57. The van der Waals surface area contributed by atoms with E-state index < -0.39 is 0 Å². The van der Waals surface area contributed by atoms with Crippen LogP contribution in [0.2, 0.25) is 0 Å². The summed E-state index contributed by atoms with van der Waals surface area (Å²) in [6.45, 7) is 2.09. The Hall–Kier alpha value is -2.46. The highest BCUT2D eigenvalue weighted by molar-refractivity contribution is 6.21. The van der Waals surface area contributed by atoms with Crippen molar-refractivity contribution in [2.24, 2.45) is 5.73 Å². The van der Waals surface area contributed by atoms with Crippen molar-refractivity contribution in [3.63, 3.8) is 0 Å². The molecule has 1 atom stereocenters. The second kappa shape index (κ2) is 5.14. The van der Waals surface area contributed by atoms with Crippen molar-refractivity contribution in [1.29, 1.82) is 0 Å². The zero-order valence-corrected chi connectivity index (χ0v) is 11.7. The highest BCUT2D eigenvalue weighted by Crippen LogP contribution is 2.25. The van der Waals surface area contributed by atoms with Gasteiger partial charge in [-0.3, -0.25) is 14.5 Å². The van der Waals surface area contributed by atoms with Crippen molar-refractivity contribution in [3.05, 3.63) is 70.8 Å². The van der Waals surface area contributed by atoms with E-state index in [9.17, 15) is 9.59 Å². The maximum Gasteiger partial charge on any atom is 0.261 e. The Morgan fingerprint density at radius 3 is 2.38 bits per heavy atom. The standard InChI is InChI=1S/C17H16N2O2/c1-11-7-8-13-14(9-11)17(21)19(16(13)20)10-15(18)12-5-3-2-4-6-12/h2-9,15H,10,18H2,1H3. The Bertz CT molecular complexity index is 710. The number of carbonyl (C=O) groups is 2. The van der Waals surface area contributed by atoms with Crippen LogP contribution in [0.15, 0.2) is 48.5 Å². The monoisotopic (exact) mass is 280 g/mol. The zero-order chi connectivity index (χ0) is 15.0. The van der Waals surface area contributed by atoms with Gasteiger partial charge in [0.15, 0.2) is 0 Å². The number of rotatable bonds is 3. The van der Waals surface area contributed by atoms with Gasteiger partial charge in [-0.15, -0.1) is 0 Å². The molecular formula is C17H16N2O2. The molecule has 1 aliphatic rings. The van der Waals surface area contributed by atoms with Crippen LogP contribution >= 0.6 is 0 Å². The minimum Gasteiger partial charge on any atom is -0.322 e. The van der Waals surface area contributed by atoms with Crippen LogP contribution in [0.25, 0.3) is 0 Å². The molecule has 0 fully saturated rings. The quantitative estimate of drug-likeness (QED) is 0.877. The summed E-state index contributed by atoms with van der Waals surface area (Å²) in [5, 5.41) is 0. The predicted octanol–water partition coefficient (Wildman–Crippen LogP) is 2.29. The van der Waals surface area contributed by atoms with Crippen LogP contribution in [-0.2, 0) is 0 Å². The lowest BCUT2D eigenvalue weighted by molar-refractivity contribution is 0.0644. The second-order valence-corrected chi connectivity index (χ2v) is 5.29. The number of benzene rings is 2. The highest BCUT2D eigenvalue weighted by atomic mass is 16.2. The topological polar surface area (TPSA) is 63.4 Å². The number of aryl methyl sites for hydroxylation is 1. The lowest BCUT2D eigenvalue weighted by Gasteiger charge is -2.19. The number of nitrogens with two attached hydrogens (primary N) is 1. The van der Waals surface area contributed by atoms with Crippen LogP contribution in [0.1, 0.15) is 37.9 Å². The van der Waals surface area contributed by atoms with Gasteiger partial charge in [-0.25, -0.2) is 0 Å². The van der Waals surface area contributed by atoms with E-state index >= 15 is 0 Å². The van der Waals surface area contributed by atoms with Crippen LogP contribution in [0.4, 0.5) is 0 Å². The molecule has 0 spiro atoms. The molecule has 2 aromatic rings. The third-order valence-corrected chi connectivity index (χ3v) is 3.73. The molecule has 4 nitrogen and oxygen atoms in total. The molecule has 0 aromatic heterocycles. The largest absolute Gasteiger partial charge is 0.322 e. The van der Waals surface area contributed by atoms with Crippen LogP contribution in [-0.4, -0.2) is 23.3 Å². The lowest BCUT2D eigenvalue weighted by atomic mass is 10.1. The molecule has 1 heterocycles. The summed E-state index contributed by atoms with van der Waals surface area (Å²) < 4.78 is 0. The smallest absolute Gasteiger partial charge is 0.261 e. The van der Waals surface area contributed by atoms with Gasteiger partial charge in [0.2, 0.25) is 0 Å². The second-order valence-electron chi connectivity index (χ2n) is 5.29. The van der Waals surface area contributed by atoms with Crippen molar-refractivity contribution in [1.82, 2.24) is 4.90 Å². The van der Waals surface area contributed by atoms with Gasteiger partial charge in [0, 0.05) is 12.6 Å². The van der Waals surface area contributed by atoms with E-state index in [0.717, 1.165) is 11.1 Å². The van der Waals surface area contributed by atoms with E-state index in [0.29, 0.717) is 11.1 Å². The molecule has 3 rings (SSSR count). The molecule has 0 aliphatic carbocycles. The van der Waals surface area contributed by atoms with E-state index in [-0.39, 0.29) is 24.4 Å². The van der Waals surface area contributed by atoms with E-state index in [1.165, 1.54) is 4.90 Å². The number of nitrogens with zero attached hydrogens (tertiary/aromatic N) is 1. The molecule has 21 heavy (non-hydrogen) atoms. The first-order valence-electron chi connectivity index (χ1n) is 6.85. The normalized spacial score (nSPS) is 15.2. The van der Waals surface area contributed by atoms with E-state index in [4.69, 9.17) is 5.73 Å². The number of carbonyl (C=O) groups excluding carboxylic acids is 2. The van der Waals surface area contributed by atoms with Crippen LogP contribution in [0.5, 0.6) is 0 Å². The third-order valence-electron chi connectivity index (χ3n) is 3.73. The summed E-state index contributed by atoms with van der Waals surface area (Å²) in [6.07, 6.45) is 0. The van der Waals surface area contributed by atoms with Gasteiger partial charge < -0.3 is 5.73 Å². The van der Waals surface area contributed by atoms with Crippen LogP contribution in [0, 0.1) is 6.92 Å². The number of imide groups is 1. The molecule has 0 radical (unpaired) electrons. The van der Waals surface area contributed by atoms with Gasteiger partial charge in [-0.05, 0) is 24.6 Å². The Morgan fingerprint density at radius 1 is 1.00 bits per heavy atom. The predicted molar refractivity (Wildman–Crippen MR) is 79.9 cm³/mol. The minimum atomic E-state index is -0.380. The van der Waals surface area contributed by atoms with Gasteiger partial charge in [0.1, 0.15) is 0 Å². The minimum absolute atomic E-state index is 0.190. The maximum atomic E-state index is 12.4. The number of hydrogen-bond acceptors (Lipinski definition) is 3. The van der Waals surface area contributed by atoms with Crippen LogP contribution in [0.3, 0.4) is 0 Å². The van der Waals surface area contributed by atoms with Crippen molar-refractivity contribution in [2.45, 2.75) is 13.0 Å². The fraction of sp³-hybridized carbons (Fsp3) is 0.176. The van der Waals surface area contributed by atoms with Gasteiger partial charge in [-0.2, -0.15) is 0 Å². The Labute approximate surface area is 123 Å². The Morgan fingerprint density at radius 2 is 1.67 bits per heavy atom. The molecule has 2 N–H and O–H groups in total. The SMILES string of the molecule is Cc1ccc2c(c1)C(=O)N(CC(N)c1ccccc1)C2=O. The maximum absolute atomic E-state index is 12.4. The third kappa shape index (κ3) is 2.34. The summed E-state index contributed by atoms with van der Waals surface area (Å²) in [5.41, 5.74) is 8.92. The molecule has 0 saturated heterocycles. The van der Waals surface area contributed by atoms with Crippen molar-refractivity contribution in [3.8, 4) is 0 Å². The van der Waals surface area contributed by atoms with E-state index in [1.807, 2.05) is 43.3 Å². The molecule has 2 aromatic carbocycles. The number of fused-ring (bicyclic) bond motifs is 1. The average Bonchev–Trinajstić information content (AvgIpc) is 2.73. The molecule has 1 unspecified atom stereocenters. The summed E-state index contributed by atoms with van der Waals surface area (Å²) in [7, 11) is 0. The average molecular weight is 280 g/mol. The molecule has 0 bridgehead atoms. The first kappa shape index (κ1) is 13.5. The fourth-order valence-corrected chi connectivity index (χ4v) is 2.57. The Balaban J connectivity index is 1.85. The molecule has 106 valence electrons. The van der Waals surface area contributed by atoms with E-state index in [2.05, 4.69) is 0 Å². The molecular weight excluding hydrogens is 264 g/mol. The number of amides is 2.